The molecule has 0 amide bonds. The zero-order chi connectivity index (χ0) is 13.8. The Morgan fingerprint density at radius 3 is 2.63 bits per heavy atom. The first-order chi connectivity index (χ1) is 9.11. The van der Waals surface area contributed by atoms with Gasteiger partial charge in [0.2, 0.25) is 0 Å². The summed E-state index contributed by atoms with van der Waals surface area (Å²) in [5.74, 6) is 0.680. The van der Waals surface area contributed by atoms with Crippen LogP contribution in [0.25, 0.3) is 0 Å². The van der Waals surface area contributed by atoms with Gasteiger partial charge in [-0.15, -0.1) is 11.3 Å². The molecule has 2 rings (SSSR count). The molecule has 19 heavy (non-hydrogen) atoms. The van der Waals surface area contributed by atoms with Crippen LogP contribution in [0.15, 0.2) is 35.7 Å². The van der Waals surface area contributed by atoms with Gasteiger partial charge in [-0.1, -0.05) is 12.1 Å². The summed E-state index contributed by atoms with van der Waals surface area (Å²) in [4.78, 5) is 1.32. The van der Waals surface area contributed by atoms with Gasteiger partial charge in [-0.25, -0.2) is 0 Å². The van der Waals surface area contributed by atoms with Crippen LogP contribution in [0.4, 0.5) is 0 Å². The van der Waals surface area contributed by atoms with Crippen molar-refractivity contribution in [3.05, 3.63) is 46.2 Å². The molecular formula is C15H19NO2S. The van der Waals surface area contributed by atoms with E-state index in [9.17, 15) is 5.11 Å². The minimum absolute atomic E-state index is 0.171. The summed E-state index contributed by atoms with van der Waals surface area (Å²) in [6, 6.07) is 10.1. The number of aromatic hydroxyl groups is 1. The highest BCUT2D eigenvalue weighted by molar-refractivity contribution is 7.10. The Hall–Kier alpha value is -1.52. The maximum Gasteiger partial charge on any atom is 0.160 e. The molecule has 1 aromatic carbocycles. The molecule has 0 aliphatic carbocycles. The first-order valence-corrected chi connectivity index (χ1v) is 7.16. The van der Waals surface area contributed by atoms with Crippen LogP contribution < -0.4 is 10.1 Å². The highest BCUT2D eigenvalue weighted by Gasteiger charge is 2.13. The molecule has 0 saturated heterocycles. The Balaban J connectivity index is 2.09. The highest BCUT2D eigenvalue weighted by atomic mass is 32.1. The lowest BCUT2D eigenvalue weighted by molar-refractivity contribution is 0.372. The molecule has 1 unspecified atom stereocenters. The molecular weight excluding hydrogens is 258 g/mol. The fourth-order valence-corrected chi connectivity index (χ4v) is 2.80. The van der Waals surface area contributed by atoms with Crippen molar-refractivity contribution >= 4 is 11.3 Å². The van der Waals surface area contributed by atoms with E-state index in [1.165, 1.54) is 4.88 Å². The van der Waals surface area contributed by atoms with Crippen molar-refractivity contribution in [2.24, 2.45) is 0 Å². The first kappa shape index (κ1) is 13.9. The van der Waals surface area contributed by atoms with E-state index >= 15 is 0 Å². The average Bonchev–Trinajstić information content (AvgIpc) is 2.93. The van der Waals surface area contributed by atoms with Gasteiger partial charge in [-0.2, -0.15) is 0 Å². The molecule has 0 fully saturated rings. The van der Waals surface area contributed by atoms with Gasteiger partial charge in [-0.05, 0) is 43.0 Å². The van der Waals surface area contributed by atoms with Crippen molar-refractivity contribution in [3.8, 4) is 11.5 Å². The fourth-order valence-electron chi connectivity index (χ4n) is 2.05. The van der Waals surface area contributed by atoms with Gasteiger partial charge in [0.25, 0.3) is 0 Å². The Bertz CT molecular complexity index is 525. The fraction of sp³-hybridized carbons (Fsp3) is 0.333. The predicted molar refractivity (Wildman–Crippen MR) is 78.9 cm³/mol. The van der Waals surface area contributed by atoms with Crippen molar-refractivity contribution in [2.75, 3.05) is 7.11 Å². The zero-order valence-corrected chi connectivity index (χ0v) is 12.2. The van der Waals surface area contributed by atoms with Gasteiger partial charge < -0.3 is 15.2 Å². The van der Waals surface area contributed by atoms with Gasteiger partial charge in [0.15, 0.2) is 11.5 Å². The number of phenolic OH excluding ortho intramolecular Hbond substituents is 1. The van der Waals surface area contributed by atoms with Crippen molar-refractivity contribution in [1.29, 1.82) is 0 Å². The molecule has 102 valence electrons. The van der Waals surface area contributed by atoms with Crippen LogP contribution >= 0.6 is 11.3 Å². The van der Waals surface area contributed by atoms with Crippen LogP contribution in [-0.2, 0) is 0 Å². The van der Waals surface area contributed by atoms with E-state index in [0.717, 1.165) is 5.56 Å². The smallest absolute Gasteiger partial charge is 0.160 e. The van der Waals surface area contributed by atoms with E-state index in [4.69, 9.17) is 4.74 Å². The molecule has 1 aromatic heterocycles. The summed E-state index contributed by atoms with van der Waals surface area (Å²) in [6.07, 6.45) is 0. The molecule has 0 spiro atoms. The quantitative estimate of drug-likeness (QED) is 0.871. The van der Waals surface area contributed by atoms with Crippen LogP contribution in [0.2, 0.25) is 0 Å². The van der Waals surface area contributed by atoms with Gasteiger partial charge in [0.1, 0.15) is 0 Å². The van der Waals surface area contributed by atoms with Crippen LogP contribution in [0.1, 0.15) is 36.4 Å². The molecule has 0 saturated carbocycles. The molecule has 2 atom stereocenters. The van der Waals surface area contributed by atoms with E-state index in [2.05, 4.69) is 36.7 Å². The number of hydrogen-bond donors (Lipinski definition) is 2. The lowest BCUT2D eigenvalue weighted by atomic mass is 10.1. The van der Waals surface area contributed by atoms with Gasteiger partial charge in [0.05, 0.1) is 7.11 Å². The van der Waals surface area contributed by atoms with Crippen LogP contribution in [0.5, 0.6) is 11.5 Å². The van der Waals surface area contributed by atoms with Gasteiger partial charge in [0, 0.05) is 17.0 Å². The summed E-state index contributed by atoms with van der Waals surface area (Å²) in [7, 11) is 1.56. The maximum absolute atomic E-state index is 9.61. The molecule has 0 aliphatic heterocycles. The monoisotopic (exact) mass is 277 g/mol. The molecule has 0 radical (unpaired) electrons. The second-order valence-corrected chi connectivity index (χ2v) is 5.54. The third-order valence-corrected chi connectivity index (χ3v) is 4.23. The minimum atomic E-state index is 0.171. The van der Waals surface area contributed by atoms with E-state index < -0.39 is 0 Å². The minimum Gasteiger partial charge on any atom is -0.504 e. The summed E-state index contributed by atoms with van der Waals surface area (Å²) < 4.78 is 5.14. The SMILES string of the molecule is COc1cc(C(C)N[C@@H](C)c2cccs2)ccc1O. The number of benzene rings is 1. The average molecular weight is 277 g/mol. The second kappa shape index (κ2) is 6.08. The van der Waals surface area contributed by atoms with Crippen molar-refractivity contribution < 1.29 is 9.84 Å². The summed E-state index contributed by atoms with van der Waals surface area (Å²) in [5.41, 5.74) is 1.10. The van der Waals surface area contributed by atoms with Crippen molar-refractivity contribution in [3.63, 3.8) is 0 Å². The van der Waals surface area contributed by atoms with E-state index in [0.29, 0.717) is 11.8 Å². The molecule has 4 heteroatoms. The normalized spacial score (nSPS) is 14.1. The van der Waals surface area contributed by atoms with Crippen LogP contribution in [0.3, 0.4) is 0 Å². The summed E-state index contributed by atoms with van der Waals surface area (Å²) >= 11 is 1.75. The first-order valence-electron chi connectivity index (χ1n) is 6.28. The highest BCUT2D eigenvalue weighted by Crippen LogP contribution is 2.30. The number of nitrogens with one attached hydrogen (secondary N) is 1. The zero-order valence-electron chi connectivity index (χ0n) is 11.4. The molecule has 3 nitrogen and oxygen atoms in total. The molecule has 2 aromatic rings. The van der Waals surface area contributed by atoms with Gasteiger partial charge >= 0.3 is 0 Å². The number of methoxy groups -OCH3 is 1. The number of thiophene rings is 1. The summed E-state index contributed by atoms with van der Waals surface area (Å²) in [6.45, 7) is 4.26. The molecule has 1 heterocycles. The van der Waals surface area contributed by atoms with E-state index in [1.54, 1.807) is 24.5 Å². The van der Waals surface area contributed by atoms with Gasteiger partial charge in [-0.3, -0.25) is 0 Å². The Morgan fingerprint density at radius 2 is 2.00 bits per heavy atom. The van der Waals surface area contributed by atoms with Crippen LogP contribution in [0, 0.1) is 0 Å². The number of ether oxygens (including phenoxy) is 1. The van der Waals surface area contributed by atoms with Crippen molar-refractivity contribution in [1.82, 2.24) is 5.32 Å². The number of phenols is 1. The second-order valence-electron chi connectivity index (χ2n) is 4.56. The summed E-state index contributed by atoms with van der Waals surface area (Å²) in [5, 5.41) is 15.2. The predicted octanol–water partition coefficient (Wildman–Crippen LogP) is 3.87. The molecule has 0 aliphatic rings. The lowest BCUT2D eigenvalue weighted by Gasteiger charge is -2.20. The molecule has 2 N–H and O–H groups in total. The number of rotatable bonds is 5. The van der Waals surface area contributed by atoms with E-state index in [-0.39, 0.29) is 11.8 Å². The lowest BCUT2D eigenvalue weighted by Crippen LogP contribution is -2.21. The van der Waals surface area contributed by atoms with Crippen LogP contribution in [-0.4, -0.2) is 12.2 Å². The Labute approximate surface area is 117 Å². The standard InChI is InChI=1S/C15H19NO2S/c1-10(16-11(2)15-5-4-8-19-15)12-6-7-13(17)14(9-12)18-3/h4-11,16-17H,1-3H3/t10?,11-/m0/s1. The Morgan fingerprint density at radius 1 is 1.21 bits per heavy atom. The third kappa shape index (κ3) is 3.28. The van der Waals surface area contributed by atoms with E-state index in [1.807, 2.05) is 12.1 Å². The van der Waals surface area contributed by atoms with Crippen molar-refractivity contribution in [2.45, 2.75) is 25.9 Å². The Kier molecular flexibility index (Phi) is 4.45. The molecule has 0 bridgehead atoms. The largest absolute Gasteiger partial charge is 0.504 e. The third-order valence-electron chi connectivity index (χ3n) is 3.17. The topological polar surface area (TPSA) is 41.5 Å². The maximum atomic E-state index is 9.61. The number of hydrogen-bond acceptors (Lipinski definition) is 4.